The predicted octanol–water partition coefficient (Wildman–Crippen LogP) is 5.22. The maximum Gasteiger partial charge on any atom is 0.292 e. The van der Waals surface area contributed by atoms with E-state index in [0.29, 0.717) is 26.2 Å². The zero-order valence-electron chi connectivity index (χ0n) is 15.3. The minimum atomic E-state index is -3.66. The van der Waals surface area contributed by atoms with Crippen molar-refractivity contribution in [2.24, 2.45) is 0 Å². The lowest BCUT2D eigenvalue weighted by Gasteiger charge is -2.32. The minimum absolute atomic E-state index is 0.0325. The summed E-state index contributed by atoms with van der Waals surface area (Å²) in [6.45, 7) is 2.64. The molecule has 25 heavy (non-hydrogen) atoms. The number of alkyl halides is 4. The number of halogens is 4. The predicted molar refractivity (Wildman–Crippen MR) is 93.0 cm³/mol. The van der Waals surface area contributed by atoms with E-state index in [1.807, 2.05) is 6.92 Å². The highest BCUT2D eigenvalue weighted by Gasteiger charge is 2.51. The summed E-state index contributed by atoms with van der Waals surface area (Å²) in [5.74, 6) is -3.66. The summed E-state index contributed by atoms with van der Waals surface area (Å²) in [5, 5.41) is 5.64. The molecule has 0 heterocycles. The Morgan fingerprint density at radius 3 is 2.36 bits per heavy atom. The highest BCUT2D eigenvalue weighted by atomic mass is 35.5. The van der Waals surface area contributed by atoms with Gasteiger partial charge in [0.2, 0.25) is 5.13 Å². The van der Waals surface area contributed by atoms with Crippen molar-refractivity contribution in [3.8, 4) is 0 Å². The lowest BCUT2D eigenvalue weighted by molar-refractivity contribution is -0.113. The van der Waals surface area contributed by atoms with Crippen LogP contribution in [0.2, 0.25) is 0 Å². The lowest BCUT2D eigenvalue weighted by atomic mass is 9.97. The Hall–Kier alpha value is -0.0400. The van der Waals surface area contributed by atoms with Crippen LogP contribution in [0.1, 0.15) is 71.6 Å². The maximum absolute atomic E-state index is 14.2. The molecule has 0 radical (unpaired) electrons. The van der Waals surface area contributed by atoms with Crippen LogP contribution in [0.25, 0.3) is 0 Å². The van der Waals surface area contributed by atoms with E-state index in [2.05, 4.69) is 0 Å². The van der Waals surface area contributed by atoms with E-state index in [9.17, 15) is 13.2 Å². The molecule has 1 N–H and O–H groups in total. The van der Waals surface area contributed by atoms with Crippen molar-refractivity contribution in [3.63, 3.8) is 0 Å². The molecule has 0 bridgehead atoms. The van der Waals surface area contributed by atoms with Crippen molar-refractivity contribution in [2.45, 2.75) is 101 Å². The van der Waals surface area contributed by atoms with Crippen molar-refractivity contribution in [1.29, 1.82) is 0 Å². The average molecular weight is 389 g/mol. The van der Waals surface area contributed by atoms with Gasteiger partial charge in [0, 0.05) is 26.6 Å². The standard InChI is InChI=1S/C18H32ClF3O3/c1-14(25-15-8-4-3-5-9-15)12-16(24-11-7-6-10-23)13-18(19,22)17(2,20)21/h14-16,23H,3-13H2,1-2H3. The zero-order chi connectivity index (χ0) is 18.9. The molecule has 0 amide bonds. The van der Waals surface area contributed by atoms with E-state index < -0.39 is 23.6 Å². The molecule has 0 aliphatic heterocycles. The third kappa shape index (κ3) is 8.94. The molecule has 0 aromatic carbocycles. The molecule has 150 valence electrons. The van der Waals surface area contributed by atoms with Gasteiger partial charge < -0.3 is 14.6 Å². The maximum atomic E-state index is 14.2. The van der Waals surface area contributed by atoms with Crippen LogP contribution in [0.5, 0.6) is 0 Å². The van der Waals surface area contributed by atoms with Crippen molar-refractivity contribution in [1.82, 2.24) is 0 Å². The van der Waals surface area contributed by atoms with Crippen LogP contribution in [0, 0.1) is 0 Å². The van der Waals surface area contributed by atoms with Crippen LogP contribution in [0.4, 0.5) is 13.2 Å². The minimum Gasteiger partial charge on any atom is -0.396 e. The molecule has 0 aromatic heterocycles. The quantitative estimate of drug-likeness (QED) is 0.368. The highest BCUT2D eigenvalue weighted by molar-refractivity contribution is 6.23. The molecule has 3 nitrogen and oxygen atoms in total. The van der Waals surface area contributed by atoms with Crippen LogP contribution >= 0.6 is 11.6 Å². The number of hydrogen-bond acceptors (Lipinski definition) is 3. The summed E-state index contributed by atoms with van der Waals surface area (Å²) in [6.07, 6.45) is 5.52. The van der Waals surface area contributed by atoms with Crippen molar-refractivity contribution < 1.29 is 27.8 Å². The fourth-order valence-electron chi connectivity index (χ4n) is 3.09. The zero-order valence-corrected chi connectivity index (χ0v) is 16.0. The van der Waals surface area contributed by atoms with Crippen LogP contribution in [0.3, 0.4) is 0 Å². The first-order chi connectivity index (χ1) is 11.7. The molecule has 1 aliphatic rings. The summed E-state index contributed by atoms with van der Waals surface area (Å²) >= 11 is 5.45. The molecule has 1 rings (SSSR count). The van der Waals surface area contributed by atoms with Gasteiger partial charge in [-0.2, -0.15) is 0 Å². The summed E-state index contributed by atoms with van der Waals surface area (Å²) in [4.78, 5) is 0. The van der Waals surface area contributed by atoms with E-state index in [1.165, 1.54) is 6.42 Å². The Balaban J connectivity index is 2.56. The summed E-state index contributed by atoms with van der Waals surface area (Å²) in [7, 11) is 0. The van der Waals surface area contributed by atoms with E-state index in [-0.39, 0.29) is 25.4 Å². The van der Waals surface area contributed by atoms with Gasteiger partial charge in [-0.25, -0.2) is 13.2 Å². The second-order valence-corrected chi connectivity index (χ2v) is 7.76. The van der Waals surface area contributed by atoms with Crippen LogP contribution in [-0.2, 0) is 9.47 Å². The fourth-order valence-corrected chi connectivity index (χ4v) is 3.27. The van der Waals surface area contributed by atoms with E-state index >= 15 is 0 Å². The van der Waals surface area contributed by atoms with Crippen LogP contribution in [-0.4, -0.2) is 47.7 Å². The smallest absolute Gasteiger partial charge is 0.292 e. The molecule has 1 aliphatic carbocycles. The van der Waals surface area contributed by atoms with Crippen molar-refractivity contribution in [2.75, 3.05) is 13.2 Å². The van der Waals surface area contributed by atoms with Crippen molar-refractivity contribution >= 4 is 11.6 Å². The molecule has 0 saturated heterocycles. The third-order valence-corrected chi connectivity index (χ3v) is 5.09. The fraction of sp³-hybridized carbons (Fsp3) is 1.00. The van der Waals surface area contributed by atoms with Gasteiger partial charge in [0.15, 0.2) is 0 Å². The highest BCUT2D eigenvalue weighted by Crippen LogP contribution is 2.41. The van der Waals surface area contributed by atoms with Gasteiger partial charge in [0.25, 0.3) is 5.92 Å². The molecule has 1 fully saturated rings. The number of hydrogen-bond donors (Lipinski definition) is 1. The average Bonchev–Trinajstić information content (AvgIpc) is 2.51. The van der Waals surface area contributed by atoms with Gasteiger partial charge >= 0.3 is 0 Å². The van der Waals surface area contributed by atoms with E-state index in [0.717, 1.165) is 25.7 Å². The Morgan fingerprint density at radius 2 is 1.80 bits per heavy atom. The SMILES string of the molecule is CC(CC(CC(F)(Cl)C(C)(F)F)OCCCCO)OC1CCCCC1. The Bertz CT molecular complexity index is 358. The Kier molecular flexibility index (Phi) is 10.1. The number of aliphatic hydroxyl groups is 1. The molecule has 0 aromatic rings. The van der Waals surface area contributed by atoms with Crippen molar-refractivity contribution in [3.05, 3.63) is 0 Å². The Labute approximate surface area is 154 Å². The van der Waals surface area contributed by atoms with Gasteiger partial charge in [-0.15, -0.1) is 0 Å². The molecule has 0 spiro atoms. The van der Waals surface area contributed by atoms with Crippen LogP contribution < -0.4 is 0 Å². The largest absolute Gasteiger partial charge is 0.396 e. The normalized spacial score (nSPS) is 21.7. The van der Waals surface area contributed by atoms with Gasteiger partial charge in [0.05, 0.1) is 18.3 Å². The van der Waals surface area contributed by atoms with E-state index in [1.54, 1.807) is 0 Å². The number of rotatable bonds is 12. The van der Waals surface area contributed by atoms with Crippen LogP contribution in [0.15, 0.2) is 0 Å². The number of ether oxygens (including phenoxy) is 2. The molecule has 3 atom stereocenters. The second-order valence-electron chi connectivity index (χ2n) is 7.16. The molecular weight excluding hydrogens is 357 g/mol. The number of unbranched alkanes of at least 4 members (excludes halogenated alkanes) is 1. The molecule has 3 unspecified atom stereocenters. The summed E-state index contributed by atoms with van der Waals surface area (Å²) < 4.78 is 52.5. The summed E-state index contributed by atoms with van der Waals surface area (Å²) in [6, 6.07) is 0. The number of aliphatic hydroxyl groups excluding tert-OH is 1. The van der Waals surface area contributed by atoms with Gasteiger partial charge in [-0.3, -0.25) is 0 Å². The van der Waals surface area contributed by atoms with Gasteiger partial charge in [0.1, 0.15) is 0 Å². The molecule has 7 heteroatoms. The van der Waals surface area contributed by atoms with E-state index in [4.69, 9.17) is 26.2 Å². The first-order valence-corrected chi connectivity index (χ1v) is 9.67. The lowest BCUT2D eigenvalue weighted by Crippen LogP contribution is -2.41. The first kappa shape index (κ1) is 23.0. The third-order valence-electron chi connectivity index (χ3n) is 4.60. The molecule has 1 saturated carbocycles. The van der Waals surface area contributed by atoms with Gasteiger partial charge in [-0.1, -0.05) is 30.9 Å². The topological polar surface area (TPSA) is 38.7 Å². The summed E-state index contributed by atoms with van der Waals surface area (Å²) in [5.41, 5.74) is 0. The van der Waals surface area contributed by atoms with Gasteiger partial charge in [-0.05, 0) is 39.0 Å². The monoisotopic (exact) mass is 388 g/mol. The first-order valence-electron chi connectivity index (χ1n) is 9.29. The Morgan fingerprint density at radius 1 is 1.16 bits per heavy atom. The second kappa shape index (κ2) is 11.0. The molecular formula is C18H32ClF3O3.